The van der Waals surface area contributed by atoms with E-state index in [0.29, 0.717) is 24.8 Å². The quantitative estimate of drug-likeness (QED) is 0.454. The molecule has 3 aromatic rings. The Balaban J connectivity index is 1.50. The lowest BCUT2D eigenvalue weighted by molar-refractivity contribution is -0.127. The van der Waals surface area contributed by atoms with Gasteiger partial charge >= 0.3 is 0 Å². The van der Waals surface area contributed by atoms with Crippen LogP contribution in [0.4, 0.5) is 4.39 Å². The maximum Gasteiger partial charge on any atom is 0.261 e. The fraction of sp³-hybridized carbons (Fsp3) is 0.296. The molecule has 0 saturated carbocycles. The molecule has 0 unspecified atom stereocenters. The molecule has 0 spiro atoms. The van der Waals surface area contributed by atoms with E-state index in [2.05, 4.69) is 31.3 Å². The van der Waals surface area contributed by atoms with Gasteiger partial charge in [-0.3, -0.25) is 4.79 Å². The molecule has 0 fully saturated rings. The number of carbonyl (C=O) groups is 1. The molecule has 168 valence electrons. The molecule has 0 aliphatic heterocycles. The Bertz CT molecular complexity index is 1030. The number of hydrogen-bond donors (Lipinski definition) is 1. The second kappa shape index (κ2) is 10.8. The third-order valence-corrected chi connectivity index (χ3v) is 5.17. The Morgan fingerprint density at radius 3 is 2.25 bits per heavy atom. The summed E-state index contributed by atoms with van der Waals surface area (Å²) in [7, 11) is 0. The van der Waals surface area contributed by atoms with Crippen LogP contribution in [-0.4, -0.2) is 12.0 Å². The topological polar surface area (TPSA) is 47.6 Å². The molecule has 1 atom stereocenters. The molecule has 3 aromatic carbocycles. The van der Waals surface area contributed by atoms with Gasteiger partial charge in [-0.25, -0.2) is 4.39 Å². The molecule has 0 aliphatic carbocycles. The Labute approximate surface area is 189 Å². The first-order chi connectivity index (χ1) is 15.3. The minimum Gasteiger partial charge on any atom is -0.489 e. The summed E-state index contributed by atoms with van der Waals surface area (Å²) in [6.07, 6.45) is -0.604. The van der Waals surface area contributed by atoms with Crippen LogP contribution in [0.2, 0.25) is 0 Å². The van der Waals surface area contributed by atoms with Crippen molar-refractivity contribution in [2.45, 2.75) is 52.9 Å². The molecule has 5 heteroatoms. The van der Waals surface area contributed by atoms with Crippen LogP contribution in [0.3, 0.4) is 0 Å². The Morgan fingerprint density at radius 1 is 0.938 bits per heavy atom. The number of amides is 1. The number of hydrogen-bond acceptors (Lipinski definition) is 3. The lowest BCUT2D eigenvalue weighted by atomic mass is 10.0. The van der Waals surface area contributed by atoms with Crippen molar-refractivity contribution in [3.63, 3.8) is 0 Å². The van der Waals surface area contributed by atoms with Gasteiger partial charge in [0, 0.05) is 6.54 Å². The van der Waals surface area contributed by atoms with Crippen LogP contribution >= 0.6 is 0 Å². The van der Waals surface area contributed by atoms with Crippen molar-refractivity contribution >= 4 is 5.91 Å². The largest absolute Gasteiger partial charge is 0.489 e. The van der Waals surface area contributed by atoms with Crippen LogP contribution < -0.4 is 14.8 Å². The van der Waals surface area contributed by atoms with E-state index >= 15 is 0 Å². The second-order valence-corrected chi connectivity index (χ2v) is 8.23. The molecule has 0 saturated heterocycles. The van der Waals surface area contributed by atoms with Gasteiger partial charge in [0.05, 0.1) is 0 Å². The van der Waals surface area contributed by atoms with Crippen molar-refractivity contribution in [1.82, 2.24) is 5.32 Å². The highest BCUT2D eigenvalue weighted by Gasteiger charge is 2.17. The molecule has 0 radical (unpaired) electrons. The van der Waals surface area contributed by atoms with E-state index in [-0.39, 0.29) is 11.7 Å². The van der Waals surface area contributed by atoms with Crippen LogP contribution in [0.15, 0.2) is 66.7 Å². The van der Waals surface area contributed by atoms with Crippen molar-refractivity contribution in [3.8, 4) is 11.5 Å². The molecule has 1 amide bonds. The number of nitrogens with one attached hydrogen (secondary N) is 1. The zero-order chi connectivity index (χ0) is 23.1. The summed E-state index contributed by atoms with van der Waals surface area (Å²) in [5.41, 5.74) is 4.04. The van der Waals surface area contributed by atoms with Crippen LogP contribution in [0.1, 0.15) is 48.9 Å². The molecule has 0 aromatic heterocycles. The monoisotopic (exact) mass is 435 g/mol. The van der Waals surface area contributed by atoms with Crippen molar-refractivity contribution in [1.29, 1.82) is 0 Å². The fourth-order valence-corrected chi connectivity index (χ4v) is 3.25. The van der Waals surface area contributed by atoms with Gasteiger partial charge in [-0.05, 0) is 72.4 Å². The molecule has 0 aliphatic rings. The zero-order valence-electron chi connectivity index (χ0n) is 19.0. The molecule has 0 heterocycles. The Hall–Kier alpha value is -3.34. The normalized spacial score (nSPS) is 11.8. The van der Waals surface area contributed by atoms with Crippen molar-refractivity contribution < 1.29 is 18.7 Å². The van der Waals surface area contributed by atoms with Crippen LogP contribution in [-0.2, 0) is 17.9 Å². The van der Waals surface area contributed by atoms with Gasteiger partial charge in [0.2, 0.25) is 0 Å². The van der Waals surface area contributed by atoms with Gasteiger partial charge in [0.1, 0.15) is 23.9 Å². The number of rotatable bonds is 9. The summed E-state index contributed by atoms with van der Waals surface area (Å²) >= 11 is 0. The van der Waals surface area contributed by atoms with Crippen molar-refractivity contribution in [2.24, 2.45) is 0 Å². The second-order valence-electron chi connectivity index (χ2n) is 8.23. The van der Waals surface area contributed by atoms with Crippen molar-refractivity contribution in [3.05, 3.63) is 94.8 Å². The Morgan fingerprint density at radius 2 is 1.59 bits per heavy atom. The summed E-state index contributed by atoms with van der Waals surface area (Å²) in [5.74, 6) is 1.34. The van der Waals surface area contributed by atoms with Gasteiger partial charge < -0.3 is 14.8 Å². The lowest BCUT2D eigenvalue weighted by Gasteiger charge is -2.19. The van der Waals surface area contributed by atoms with E-state index in [9.17, 15) is 9.18 Å². The molecule has 4 nitrogen and oxygen atoms in total. The first kappa shape index (κ1) is 23.3. The third-order valence-electron chi connectivity index (χ3n) is 5.17. The molecule has 0 bridgehead atoms. The molecular weight excluding hydrogens is 405 g/mol. The average Bonchev–Trinajstić information content (AvgIpc) is 2.77. The van der Waals surface area contributed by atoms with Gasteiger partial charge in [-0.15, -0.1) is 0 Å². The maximum absolute atomic E-state index is 13.0. The van der Waals surface area contributed by atoms with E-state index in [1.807, 2.05) is 37.3 Å². The summed E-state index contributed by atoms with van der Waals surface area (Å²) in [4.78, 5) is 12.5. The minimum absolute atomic E-state index is 0.169. The number of halogens is 1. The summed E-state index contributed by atoms with van der Waals surface area (Å²) in [5, 5.41) is 2.92. The van der Waals surface area contributed by atoms with Gasteiger partial charge in [-0.2, -0.15) is 0 Å². The maximum atomic E-state index is 13.0. The zero-order valence-corrected chi connectivity index (χ0v) is 19.0. The van der Waals surface area contributed by atoms with Crippen LogP contribution in [0, 0.1) is 12.7 Å². The highest BCUT2D eigenvalue weighted by atomic mass is 19.1. The first-order valence-corrected chi connectivity index (χ1v) is 10.8. The van der Waals surface area contributed by atoms with E-state index < -0.39 is 6.10 Å². The van der Waals surface area contributed by atoms with Crippen LogP contribution in [0.5, 0.6) is 11.5 Å². The minimum atomic E-state index is -0.604. The molecular formula is C27H30FNO3. The molecule has 32 heavy (non-hydrogen) atoms. The van der Waals surface area contributed by atoms with Gasteiger partial charge in [0.25, 0.3) is 5.91 Å². The van der Waals surface area contributed by atoms with E-state index in [4.69, 9.17) is 9.47 Å². The number of ether oxygens (including phenoxy) is 2. The van der Waals surface area contributed by atoms with E-state index in [1.165, 1.54) is 12.1 Å². The summed E-state index contributed by atoms with van der Waals surface area (Å²) in [6.45, 7) is 8.74. The van der Waals surface area contributed by atoms with Crippen molar-refractivity contribution in [2.75, 3.05) is 0 Å². The van der Waals surface area contributed by atoms with Crippen LogP contribution in [0.25, 0.3) is 0 Å². The van der Waals surface area contributed by atoms with Gasteiger partial charge in [0.15, 0.2) is 6.10 Å². The number of benzene rings is 3. The number of aryl methyl sites for hydroxylation is 1. The van der Waals surface area contributed by atoms with E-state index in [0.717, 1.165) is 28.0 Å². The predicted molar refractivity (Wildman–Crippen MR) is 124 cm³/mol. The molecule has 3 rings (SSSR count). The van der Waals surface area contributed by atoms with Gasteiger partial charge in [-0.1, -0.05) is 50.2 Å². The summed E-state index contributed by atoms with van der Waals surface area (Å²) in [6, 6.07) is 19.8. The predicted octanol–water partition coefficient (Wildman–Crippen LogP) is 5.92. The third kappa shape index (κ3) is 6.58. The number of carbonyl (C=O) groups excluding carboxylic acids is 1. The first-order valence-electron chi connectivity index (χ1n) is 10.8. The summed E-state index contributed by atoms with van der Waals surface area (Å²) < 4.78 is 24.7. The molecule has 1 N–H and O–H groups in total. The highest BCUT2D eigenvalue weighted by Crippen LogP contribution is 2.28. The SMILES string of the molecule is Cc1ccc(C(C)C)c(O[C@H](C)C(=O)NCc2ccc(OCc3ccc(F)cc3)cc2)c1. The fourth-order valence-electron chi connectivity index (χ4n) is 3.25. The Kier molecular flexibility index (Phi) is 7.87. The smallest absolute Gasteiger partial charge is 0.261 e. The highest BCUT2D eigenvalue weighted by molar-refractivity contribution is 5.80. The lowest BCUT2D eigenvalue weighted by Crippen LogP contribution is -2.36. The standard InChI is InChI=1S/C27H30FNO3/c1-18(2)25-14-5-19(3)15-26(25)32-20(4)27(30)29-16-21-8-12-24(13-9-21)31-17-22-6-10-23(28)11-7-22/h5-15,18,20H,16-17H2,1-4H3,(H,29,30)/t20-/m1/s1. The average molecular weight is 436 g/mol. The van der Waals surface area contributed by atoms with E-state index in [1.54, 1.807) is 19.1 Å².